The van der Waals surface area contributed by atoms with Gasteiger partial charge in [0.05, 0.1) is 0 Å². The molecule has 1 N–H and O–H groups in total. The fourth-order valence-electron chi connectivity index (χ4n) is 2.29. The molecule has 0 aromatic carbocycles. The van der Waals surface area contributed by atoms with E-state index in [0.717, 1.165) is 25.1 Å². The molecule has 2 rings (SSSR count). The maximum absolute atomic E-state index is 4.38. The third-order valence-electron chi connectivity index (χ3n) is 3.32. The Bertz CT molecular complexity index is 496. The Hall–Kier alpha value is -1.74. The minimum atomic E-state index is 0.348. The van der Waals surface area contributed by atoms with Crippen molar-refractivity contribution in [1.29, 1.82) is 0 Å². The van der Waals surface area contributed by atoms with Crippen LogP contribution in [0.1, 0.15) is 36.2 Å². The quantitative estimate of drug-likeness (QED) is 0.862. The summed E-state index contributed by atoms with van der Waals surface area (Å²) in [5.74, 6) is 0. The molecule has 0 saturated carbocycles. The minimum Gasteiger partial charge on any atom is -0.310 e. The van der Waals surface area contributed by atoms with Crippen molar-refractivity contribution in [2.45, 2.75) is 32.7 Å². The molecule has 2 aromatic heterocycles. The first-order valence-electron chi connectivity index (χ1n) is 6.85. The molecule has 0 saturated heterocycles. The summed E-state index contributed by atoms with van der Waals surface area (Å²) in [7, 11) is 0. The molecule has 2 aromatic rings. The van der Waals surface area contributed by atoms with Crippen molar-refractivity contribution in [2.24, 2.45) is 0 Å². The average molecular weight is 255 g/mol. The lowest BCUT2D eigenvalue weighted by Crippen LogP contribution is -2.22. The summed E-state index contributed by atoms with van der Waals surface area (Å²) < 4.78 is 0. The third kappa shape index (κ3) is 3.86. The SMILES string of the molecule is CCNC(CCc1ccccn1)c1cnccc1C. The molecule has 0 spiro atoms. The van der Waals surface area contributed by atoms with Crippen molar-refractivity contribution in [3.05, 3.63) is 59.7 Å². The molecule has 0 radical (unpaired) electrons. The maximum atomic E-state index is 4.38. The van der Waals surface area contributed by atoms with Crippen molar-refractivity contribution < 1.29 is 0 Å². The van der Waals surface area contributed by atoms with Gasteiger partial charge in [0.1, 0.15) is 0 Å². The molecule has 3 nitrogen and oxygen atoms in total. The molecule has 0 amide bonds. The standard InChI is InChI=1S/C16H21N3/c1-3-18-16(15-12-17-11-9-13(15)2)8-7-14-6-4-5-10-19-14/h4-6,9-12,16,18H,3,7-8H2,1-2H3. The monoisotopic (exact) mass is 255 g/mol. The van der Waals surface area contributed by atoms with Crippen LogP contribution >= 0.6 is 0 Å². The molecule has 1 atom stereocenters. The second kappa shape index (κ2) is 7.00. The van der Waals surface area contributed by atoms with E-state index in [-0.39, 0.29) is 0 Å². The molecule has 19 heavy (non-hydrogen) atoms. The lowest BCUT2D eigenvalue weighted by Gasteiger charge is -2.19. The fraction of sp³-hybridized carbons (Fsp3) is 0.375. The van der Waals surface area contributed by atoms with Gasteiger partial charge in [0.15, 0.2) is 0 Å². The van der Waals surface area contributed by atoms with E-state index in [9.17, 15) is 0 Å². The van der Waals surface area contributed by atoms with Crippen molar-refractivity contribution in [3.63, 3.8) is 0 Å². The highest BCUT2D eigenvalue weighted by Gasteiger charge is 2.13. The number of aryl methyl sites for hydroxylation is 2. The van der Waals surface area contributed by atoms with E-state index in [1.165, 1.54) is 11.1 Å². The fourth-order valence-corrected chi connectivity index (χ4v) is 2.29. The zero-order chi connectivity index (χ0) is 13.5. The van der Waals surface area contributed by atoms with Crippen LogP contribution in [0.5, 0.6) is 0 Å². The molecule has 0 aliphatic carbocycles. The van der Waals surface area contributed by atoms with Gasteiger partial charge in [0, 0.05) is 30.3 Å². The Morgan fingerprint density at radius 1 is 1.21 bits per heavy atom. The normalized spacial score (nSPS) is 12.3. The number of nitrogens with one attached hydrogen (secondary N) is 1. The zero-order valence-corrected chi connectivity index (χ0v) is 11.6. The summed E-state index contributed by atoms with van der Waals surface area (Å²) in [6.45, 7) is 5.24. The number of pyridine rings is 2. The summed E-state index contributed by atoms with van der Waals surface area (Å²) in [5, 5.41) is 3.54. The maximum Gasteiger partial charge on any atom is 0.0404 e. The van der Waals surface area contributed by atoms with Gasteiger partial charge in [-0.1, -0.05) is 13.0 Å². The molecule has 100 valence electrons. The van der Waals surface area contributed by atoms with Crippen molar-refractivity contribution in [2.75, 3.05) is 6.54 Å². The first kappa shape index (κ1) is 13.7. The number of aromatic nitrogens is 2. The minimum absolute atomic E-state index is 0.348. The Labute approximate surface area is 115 Å². The number of hydrogen-bond donors (Lipinski definition) is 1. The van der Waals surface area contributed by atoms with E-state index in [1.54, 1.807) is 0 Å². The van der Waals surface area contributed by atoms with E-state index >= 15 is 0 Å². The Morgan fingerprint density at radius 3 is 2.79 bits per heavy atom. The highest BCUT2D eigenvalue weighted by Crippen LogP contribution is 2.21. The van der Waals surface area contributed by atoms with Crippen molar-refractivity contribution in [1.82, 2.24) is 15.3 Å². The van der Waals surface area contributed by atoms with E-state index in [0.29, 0.717) is 6.04 Å². The van der Waals surface area contributed by atoms with Crippen molar-refractivity contribution >= 4 is 0 Å². The van der Waals surface area contributed by atoms with Gasteiger partial charge in [-0.25, -0.2) is 0 Å². The first-order valence-corrected chi connectivity index (χ1v) is 6.85. The number of hydrogen-bond acceptors (Lipinski definition) is 3. The smallest absolute Gasteiger partial charge is 0.0404 e. The van der Waals surface area contributed by atoms with Gasteiger partial charge in [-0.3, -0.25) is 9.97 Å². The Balaban J connectivity index is 2.07. The van der Waals surface area contributed by atoms with Crippen LogP contribution in [0.2, 0.25) is 0 Å². The Kier molecular flexibility index (Phi) is 5.04. The van der Waals surface area contributed by atoms with Gasteiger partial charge in [-0.05, 0) is 55.6 Å². The molecule has 0 bridgehead atoms. The second-order valence-corrected chi connectivity index (χ2v) is 4.70. The summed E-state index contributed by atoms with van der Waals surface area (Å²) in [6.07, 6.45) is 7.69. The van der Waals surface area contributed by atoms with Crippen LogP contribution in [0.4, 0.5) is 0 Å². The van der Waals surface area contributed by atoms with E-state index < -0.39 is 0 Å². The summed E-state index contributed by atoms with van der Waals surface area (Å²) in [4.78, 5) is 8.63. The van der Waals surface area contributed by atoms with Gasteiger partial charge >= 0.3 is 0 Å². The second-order valence-electron chi connectivity index (χ2n) is 4.70. The highest BCUT2D eigenvalue weighted by atomic mass is 14.9. The largest absolute Gasteiger partial charge is 0.310 e. The molecule has 2 heterocycles. The van der Waals surface area contributed by atoms with Gasteiger partial charge in [-0.2, -0.15) is 0 Å². The first-order chi connectivity index (χ1) is 9.31. The number of rotatable bonds is 6. The Morgan fingerprint density at radius 2 is 2.11 bits per heavy atom. The average Bonchev–Trinajstić information content (AvgIpc) is 2.45. The summed E-state index contributed by atoms with van der Waals surface area (Å²) in [5.41, 5.74) is 3.73. The molecule has 0 fully saturated rings. The lowest BCUT2D eigenvalue weighted by atomic mass is 9.98. The van der Waals surface area contributed by atoms with Crippen LogP contribution in [0, 0.1) is 6.92 Å². The lowest BCUT2D eigenvalue weighted by molar-refractivity contribution is 0.509. The molecular weight excluding hydrogens is 234 g/mol. The molecular formula is C16H21N3. The topological polar surface area (TPSA) is 37.8 Å². The van der Waals surface area contributed by atoms with Crippen LogP contribution in [0.25, 0.3) is 0 Å². The molecule has 0 aliphatic heterocycles. The van der Waals surface area contributed by atoms with Crippen molar-refractivity contribution in [3.8, 4) is 0 Å². The highest BCUT2D eigenvalue weighted by molar-refractivity contribution is 5.25. The summed E-state index contributed by atoms with van der Waals surface area (Å²) >= 11 is 0. The zero-order valence-electron chi connectivity index (χ0n) is 11.6. The predicted molar refractivity (Wildman–Crippen MR) is 77.9 cm³/mol. The van der Waals surface area contributed by atoms with Crippen LogP contribution in [-0.2, 0) is 6.42 Å². The van der Waals surface area contributed by atoms with Gasteiger partial charge < -0.3 is 5.32 Å². The van der Waals surface area contributed by atoms with Gasteiger partial charge in [0.25, 0.3) is 0 Å². The predicted octanol–water partition coefficient (Wildman–Crippen LogP) is 3.07. The summed E-state index contributed by atoms with van der Waals surface area (Å²) in [6, 6.07) is 8.50. The molecule has 1 unspecified atom stereocenters. The van der Waals surface area contributed by atoms with Crippen LogP contribution in [-0.4, -0.2) is 16.5 Å². The molecule has 3 heteroatoms. The number of nitrogens with zero attached hydrogens (tertiary/aromatic N) is 2. The van der Waals surface area contributed by atoms with Gasteiger partial charge in [-0.15, -0.1) is 0 Å². The van der Waals surface area contributed by atoms with Crippen LogP contribution in [0.15, 0.2) is 42.9 Å². The van der Waals surface area contributed by atoms with E-state index in [2.05, 4.69) is 41.3 Å². The van der Waals surface area contributed by atoms with Gasteiger partial charge in [0.2, 0.25) is 0 Å². The van der Waals surface area contributed by atoms with E-state index in [1.807, 2.05) is 30.7 Å². The molecule has 0 aliphatic rings. The van der Waals surface area contributed by atoms with Crippen LogP contribution in [0.3, 0.4) is 0 Å². The van der Waals surface area contributed by atoms with Crippen LogP contribution < -0.4 is 5.32 Å². The third-order valence-corrected chi connectivity index (χ3v) is 3.32. The van der Waals surface area contributed by atoms with E-state index in [4.69, 9.17) is 0 Å².